The van der Waals surface area contributed by atoms with Gasteiger partial charge in [-0.25, -0.2) is 13.6 Å². The van der Waals surface area contributed by atoms with Gasteiger partial charge >= 0.3 is 5.97 Å². The number of nitrogens with one attached hydrogen (secondary N) is 1. The third kappa shape index (κ3) is 4.40. The molecule has 120 valence electrons. The Bertz CT molecular complexity index is 768. The fourth-order valence-electron chi connectivity index (χ4n) is 1.65. The van der Waals surface area contributed by atoms with Crippen molar-refractivity contribution in [3.05, 3.63) is 63.6 Å². The lowest BCUT2D eigenvalue weighted by Crippen LogP contribution is -2.21. The monoisotopic (exact) mass is 359 g/mol. The highest BCUT2D eigenvalue weighted by atomic mass is 35.5. The minimum absolute atomic E-state index is 0.00394. The van der Waals surface area contributed by atoms with Gasteiger partial charge in [-0.3, -0.25) is 4.79 Å². The van der Waals surface area contributed by atoms with Gasteiger partial charge in [0.05, 0.1) is 21.3 Å². The molecule has 0 heterocycles. The molecule has 4 nitrogen and oxygen atoms in total. The topological polar surface area (TPSA) is 55.4 Å². The highest BCUT2D eigenvalue weighted by Gasteiger charge is 2.16. The van der Waals surface area contributed by atoms with E-state index in [1.54, 1.807) is 0 Å². The number of rotatable bonds is 4. The van der Waals surface area contributed by atoms with Crippen LogP contribution in [0.5, 0.6) is 0 Å². The summed E-state index contributed by atoms with van der Waals surface area (Å²) in [7, 11) is 0. The highest BCUT2D eigenvalue weighted by molar-refractivity contribution is 6.43. The molecule has 0 unspecified atom stereocenters. The zero-order valence-electron chi connectivity index (χ0n) is 11.4. The Balaban J connectivity index is 1.98. The molecule has 1 N–H and O–H groups in total. The van der Waals surface area contributed by atoms with Crippen molar-refractivity contribution in [1.82, 2.24) is 0 Å². The molecular formula is C15H9Cl2F2NO3. The van der Waals surface area contributed by atoms with E-state index in [2.05, 4.69) is 5.32 Å². The summed E-state index contributed by atoms with van der Waals surface area (Å²) >= 11 is 11.6. The molecule has 0 saturated carbocycles. The first-order valence-corrected chi connectivity index (χ1v) is 7.00. The lowest BCUT2D eigenvalue weighted by molar-refractivity contribution is -0.119. The van der Waals surface area contributed by atoms with Crippen molar-refractivity contribution in [3.8, 4) is 0 Å². The number of esters is 1. The Kier molecular flexibility index (Phi) is 5.52. The van der Waals surface area contributed by atoms with Crippen molar-refractivity contribution in [2.24, 2.45) is 0 Å². The van der Waals surface area contributed by atoms with E-state index in [-0.39, 0.29) is 21.3 Å². The molecule has 0 aromatic heterocycles. The molecule has 0 radical (unpaired) electrons. The molecule has 2 aromatic carbocycles. The lowest BCUT2D eigenvalue weighted by atomic mass is 10.2. The van der Waals surface area contributed by atoms with Crippen molar-refractivity contribution in [2.45, 2.75) is 0 Å². The third-order valence-corrected chi connectivity index (χ3v) is 3.53. The summed E-state index contributed by atoms with van der Waals surface area (Å²) in [5.74, 6) is -3.23. The number of benzene rings is 2. The molecule has 8 heteroatoms. The molecule has 1 amide bonds. The van der Waals surface area contributed by atoms with E-state index in [4.69, 9.17) is 27.9 Å². The van der Waals surface area contributed by atoms with Crippen molar-refractivity contribution >= 4 is 40.8 Å². The Morgan fingerprint density at radius 2 is 1.87 bits per heavy atom. The predicted octanol–water partition coefficient (Wildman–Crippen LogP) is 4.07. The maximum absolute atomic E-state index is 13.4. The van der Waals surface area contributed by atoms with Crippen molar-refractivity contribution in [3.63, 3.8) is 0 Å². The molecule has 23 heavy (non-hydrogen) atoms. The van der Waals surface area contributed by atoms with Crippen LogP contribution < -0.4 is 5.32 Å². The fraction of sp³-hybridized carbons (Fsp3) is 0.0667. The van der Waals surface area contributed by atoms with Crippen molar-refractivity contribution in [1.29, 1.82) is 0 Å². The van der Waals surface area contributed by atoms with Gasteiger partial charge in [0, 0.05) is 6.07 Å². The van der Waals surface area contributed by atoms with Gasteiger partial charge in [0.1, 0.15) is 11.6 Å². The van der Waals surface area contributed by atoms with Crippen LogP contribution in [0.2, 0.25) is 10.0 Å². The zero-order chi connectivity index (χ0) is 17.0. The normalized spacial score (nSPS) is 10.3. The van der Waals surface area contributed by atoms with Crippen molar-refractivity contribution < 1.29 is 23.1 Å². The SMILES string of the molecule is O=C(COC(=O)c1cccc(Cl)c1Cl)Nc1cc(F)ccc1F. The Morgan fingerprint density at radius 3 is 2.61 bits per heavy atom. The molecule has 0 aliphatic carbocycles. The van der Waals surface area contributed by atoms with Gasteiger partial charge in [0.2, 0.25) is 0 Å². The summed E-state index contributed by atoms with van der Waals surface area (Å²) in [5.41, 5.74) is -0.365. The first kappa shape index (κ1) is 17.2. The second kappa shape index (κ2) is 7.39. The number of amides is 1. The smallest absolute Gasteiger partial charge is 0.340 e. The van der Waals surface area contributed by atoms with Crippen LogP contribution in [0.3, 0.4) is 0 Å². The molecular weight excluding hydrogens is 351 g/mol. The second-order valence-electron chi connectivity index (χ2n) is 4.35. The molecule has 0 spiro atoms. The van der Waals surface area contributed by atoms with Crippen LogP contribution in [0.4, 0.5) is 14.5 Å². The van der Waals surface area contributed by atoms with Crippen LogP contribution in [0.25, 0.3) is 0 Å². The Labute approximate surface area is 140 Å². The zero-order valence-corrected chi connectivity index (χ0v) is 12.9. The Morgan fingerprint density at radius 1 is 1.13 bits per heavy atom. The second-order valence-corrected chi connectivity index (χ2v) is 5.14. The first-order chi connectivity index (χ1) is 10.9. The highest BCUT2D eigenvalue weighted by Crippen LogP contribution is 2.26. The van der Waals surface area contributed by atoms with Crippen LogP contribution in [0.15, 0.2) is 36.4 Å². The summed E-state index contributed by atoms with van der Waals surface area (Å²) in [4.78, 5) is 23.4. The predicted molar refractivity (Wildman–Crippen MR) is 81.7 cm³/mol. The molecule has 0 aliphatic heterocycles. The Hall–Kier alpha value is -2.18. The van der Waals surface area contributed by atoms with Crippen LogP contribution >= 0.6 is 23.2 Å². The number of anilines is 1. The van der Waals surface area contributed by atoms with Gasteiger partial charge in [-0.15, -0.1) is 0 Å². The standard InChI is InChI=1S/C15H9Cl2F2NO3/c16-10-3-1-2-9(14(10)17)15(22)23-7-13(21)20-12-6-8(18)4-5-11(12)19/h1-6H,7H2,(H,20,21). The third-order valence-electron chi connectivity index (χ3n) is 2.71. The average molecular weight is 360 g/mol. The molecule has 0 bridgehead atoms. The van der Waals surface area contributed by atoms with Gasteiger partial charge in [-0.1, -0.05) is 29.3 Å². The van der Waals surface area contributed by atoms with E-state index in [0.29, 0.717) is 0 Å². The number of halogens is 4. The summed E-state index contributed by atoms with van der Waals surface area (Å²) in [6.45, 7) is -0.697. The molecule has 0 fully saturated rings. The quantitative estimate of drug-likeness (QED) is 0.837. The van der Waals surface area contributed by atoms with Crippen LogP contribution in [0.1, 0.15) is 10.4 Å². The largest absolute Gasteiger partial charge is 0.452 e. The number of carbonyl (C=O) groups is 2. The van der Waals surface area contributed by atoms with Gasteiger partial charge in [-0.05, 0) is 24.3 Å². The lowest BCUT2D eigenvalue weighted by Gasteiger charge is -2.08. The first-order valence-electron chi connectivity index (χ1n) is 6.24. The molecule has 0 atom stereocenters. The van der Waals surface area contributed by atoms with E-state index in [1.165, 1.54) is 18.2 Å². The van der Waals surface area contributed by atoms with E-state index in [0.717, 1.165) is 18.2 Å². The maximum Gasteiger partial charge on any atom is 0.340 e. The van der Waals surface area contributed by atoms with Gasteiger partial charge in [0.15, 0.2) is 6.61 Å². The number of ether oxygens (including phenoxy) is 1. The summed E-state index contributed by atoms with van der Waals surface area (Å²) in [6.07, 6.45) is 0. The van der Waals surface area contributed by atoms with Crippen LogP contribution in [-0.2, 0) is 9.53 Å². The minimum Gasteiger partial charge on any atom is -0.452 e. The molecule has 2 rings (SSSR count). The van der Waals surface area contributed by atoms with E-state index >= 15 is 0 Å². The van der Waals surface area contributed by atoms with Crippen LogP contribution in [0, 0.1) is 11.6 Å². The van der Waals surface area contributed by atoms with Crippen molar-refractivity contribution in [2.75, 3.05) is 11.9 Å². The minimum atomic E-state index is -0.868. The summed E-state index contributed by atoms with van der Waals surface area (Å²) < 4.78 is 31.1. The number of hydrogen-bond donors (Lipinski definition) is 1. The summed E-state index contributed by atoms with van der Waals surface area (Å²) in [5, 5.41) is 2.25. The fourth-order valence-corrected chi connectivity index (χ4v) is 2.03. The number of carbonyl (C=O) groups excluding carboxylic acids is 2. The molecule has 0 aliphatic rings. The van der Waals surface area contributed by atoms with E-state index < -0.39 is 30.1 Å². The number of hydrogen-bond acceptors (Lipinski definition) is 3. The maximum atomic E-state index is 13.4. The average Bonchev–Trinajstić information content (AvgIpc) is 2.51. The van der Waals surface area contributed by atoms with Gasteiger partial charge in [-0.2, -0.15) is 0 Å². The van der Waals surface area contributed by atoms with Crippen LogP contribution in [-0.4, -0.2) is 18.5 Å². The molecule has 2 aromatic rings. The molecule has 0 saturated heterocycles. The van der Waals surface area contributed by atoms with Gasteiger partial charge < -0.3 is 10.1 Å². The van der Waals surface area contributed by atoms with E-state index in [9.17, 15) is 18.4 Å². The van der Waals surface area contributed by atoms with E-state index in [1.807, 2.05) is 0 Å². The van der Waals surface area contributed by atoms with Gasteiger partial charge in [0.25, 0.3) is 5.91 Å². The summed E-state index contributed by atoms with van der Waals surface area (Å²) in [6, 6.07) is 6.94.